The maximum Gasteiger partial charge on any atom is 0.242 e. The van der Waals surface area contributed by atoms with E-state index in [9.17, 15) is 9.59 Å². The van der Waals surface area contributed by atoms with Gasteiger partial charge >= 0.3 is 0 Å². The molecule has 2 fully saturated rings. The average Bonchev–Trinajstić information content (AvgIpc) is 2.23. The monoisotopic (exact) mass is 210 g/mol. The molecule has 1 aliphatic heterocycles. The number of carbonyl (C=O) groups is 2. The third kappa shape index (κ3) is 1.98. The second-order valence-electron chi connectivity index (χ2n) is 4.81. The van der Waals surface area contributed by atoms with Gasteiger partial charge < -0.3 is 10.2 Å². The molecule has 1 aliphatic carbocycles. The van der Waals surface area contributed by atoms with E-state index in [1.54, 1.807) is 4.90 Å². The van der Waals surface area contributed by atoms with E-state index in [1.165, 1.54) is 19.3 Å². The fourth-order valence-corrected chi connectivity index (χ4v) is 2.63. The van der Waals surface area contributed by atoms with Crippen LogP contribution in [-0.4, -0.2) is 35.3 Å². The van der Waals surface area contributed by atoms with Crippen molar-refractivity contribution in [3.8, 4) is 0 Å². The Morgan fingerprint density at radius 2 is 1.87 bits per heavy atom. The minimum absolute atomic E-state index is 0.0265. The van der Waals surface area contributed by atoms with Crippen molar-refractivity contribution in [2.45, 2.75) is 44.6 Å². The molecule has 0 radical (unpaired) electrons. The minimum atomic E-state index is -0.0763. The number of piperazine rings is 1. The molecule has 2 amide bonds. The van der Waals surface area contributed by atoms with Crippen LogP contribution in [0.25, 0.3) is 0 Å². The first-order valence-electron chi connectivity index (χ1n) is 5.69. The van der Waals surface area contributed by atoms with Crippen molar-refractivity contribution in [1.82, 2.24) is 10.2 Å². The normalized spacial score (nSPS) is 26.3. The number of nitrogens with one attached hydrogen (secondary N) is 1. The lowest BCUT2D eigenvalue weighted by Gasteiger charge is -2.45. The van der Waals surface area contributed by atoms with Gasteiger partial charge in [0.05, 0.1) is 6.54 Å². The molecular weight excluding hydrogens is 192 g/mol. The molecular formula is C11H18N2O2. The Morgan fingerprint density at radius 1 is 1.20 bits per heavy atom. The number of hydrogen-bond acceptors (Lipinski definition) is 2. The molecule has 0 aromatic heterocycles. The molecule has 1 heterocycles. The Balaban J connectivity index is 2.12. The average molecular weight is 210 g/mol. The van der Waals surface area contributed by atoms with Gasteiger partial charge in [0.25, 0.3) is 0 Å². The lowest BCUT2D eigenvalue weighted by molar-refractivity contribution is -0.147. The van der Waals surface area contributed by atoms with Crippen molar-refractivity contribution in [3.63, 3.8) is 0 Å². The van der Waals surface area contributed by atoms with Crippen LogP contribution >= 0.6 is 0 Å². The summed E-state index contributed by atoms with van der Waals surface area (Å²) < 4.78 is 0. The van der Waals surface area contributed by atoms with Crippen LogP contribution in [0.5, 0.6) is 0 Å². The molecule has 0 unspecified atom stereocenters. The van der Waals surface area contributed by atoms with Crippen molar-refractivity contribution in [1.29, 1.82) is 0 Å². The van der Waals surface area contributed by atoms with E-state index in [0.717, 1.165) is 12.8 Å². The first kappa shape index (κ1) is 10.5. The van der Waals surface area contributed by atoms with Gasteiger partial charge in [-0.25, -0.2) is 0 Å². The summed E-state index contributed by atoms with van der Waals surface area (Å²) in [6.45, 7) is 2.53. The van der Waals surface area contributed by atoms with E-state index >= 15 is 0 Å². The van der Waals surface area contributed by atoms with E-state index in [1.807, 2.05) is 0 Å². The van der Waals surface area contributed by atoms with Gasteiger partial charge in [-0.3, -0.25) is 9.59 Å². The summed E-state index contributed by atoms with van der Waals surface area (Å²) in [4.78, 5) is 24.8. The van der Waals surface area contributed by atoms with Crippen LogP contribution in [0, 0.1) is 0 Å². The van der Waals surface area contributed by atoms with Crippen LogP contribution in [0.15, 0.2) is 0 Å². The van der Waals surface area contributed by atoms with E-state index in [2.05, 4.69) is 12.2 Å². The van der Waals surface area contributed by atoms with Gasteiger partial charge in [-0.15, -0.1) is 0 Å². The van der Waals surface area contributed by atoms with Crippen LogP contribution in [0.1, 0.15) is 39.0 Å². The van der Waals surface area contributed by atoms with E-state index in [4.69, 9.17) is 0 Å². The highest BCUT2D eigenvalue weighted by atomic mass is 16.2. The molecule has 4 heteroatoms. The third-order valence-corrected chi connectivity index (χ3v) is 3.62. The molecule has 2 rings (SSSR count). The zero-order valence-electron chi connectivity index (χ0n) is 9.21. The molecule has 0 aromatic carbocycles. The van der Waals surface area contributed by atoms with Gasteiger partial charge in [0, 0.05) is 5.54 Å². The summed E-state index contributed by atoms with van der Waals surface area (Å²) in [5.41, 5.74) is -0.0763. The van der Waals surface area contributed by atoms with Crippen molar-refractivity contribution in [2.75, 3.05) is 13.1 Å². The zero-order valence-corrected chi connectivity index (χ0v) is 9.21. The van der Waals surface area contributed by atoms with E-state index in [-0.39, 0.29) is 30.4 Å². The number of amides is 2. The number of carbonyl (C=O) groups excluding carboxylic acids is 2. The van der Waals surface area contributed by atoms with Crippen molar-refractivity contribution < 1.29 is 9.59 Å². The van der Waals surface area contributed by atoms with E-state index < -0.39 is 0 Å². The topological polar surface area (TPSA) is 49.4 Å². The first-order chi connectivity index (χ1) is 7.12. The summed E-state index contributed by atoms with van der Waals surface area (Å²) in [6.07, 6.45) is 5.66. The van der Waals surface area contributed by atoms with Crippen LogP contribution < -0.4 is 5.32 Å². The van der Waals surface area contributed by atoms with Crippen molar-refractivity contribution >= 4 is 11.8 Å². The Hall–Kier alpha value is -1.06. The van der Waals surface area contributed by atoms with Gasteiger partial charge in [-0.2, -0.15) is 0 Å². The SMILES string of the molecule is CC1(N2CC(=O)NCC2=O)CCCCC1. The summed E-state index contributed by atoms with van der Waals surface area (Å²) in [6, 6.07) is 0. The summed E-state index contributed by atoms with van der Waals surface area (Å²) in [5.74, 6) is 0.0420. The number of rotatable bonds is 1. The highest BCUT2D eigenvalue weighted by Crippen LogP contribution is 2.33. The highest BCUT2D eigenvalue weighted by Gasteiger charge is 2.39. The second kappa shape index (κ2) is 3.83. The molecule has 1 saturated carbocycles. The van der Waals surface area contributed by atoms with Gasteiger partial charge in [-0.1, -0.05) is 19.3 Å². The Labute approximate surface area is 90.0 Å². The Morgan fingerprint density at radius 3 is 2.53 bits per heavy atom. The van der Waals surface area contributed by atoms with Crippen LogP contribution in [0.4, 0.5) is 0 Å². The van der Waals surface area contributed by atoms with Gasteiger partial charge in [0.15, 0.2) is 0 Å². The largest absolute Gasteiger partial charge is 0.345 e. The lowest BCUT2D eigenvalue weighted by Crippen LogP contribution is -2.60. The molecule has 84 valence electrons. The molecule has 1 N–H and O–H groups in total. The highest BCUT2D eigenvalue weighted by molar-refractivity contribution is 5.92. The molecule has 0 aromatic rings. The number of hydrogen-bond donors (Lipinski definition) is 1. The predicted octanol–water partition coefficient (Wildman–Crippen LogP) is 0.668. The molecule has 4 nitrogen and oxygen atoms in total. The summed E-state index contributed by atoms with van der Waals surface area (Å²) in [5, 5.41) is 2.59. The smallest absolute Gasteiger partial charge is 0.242 e. The van der Waals surface area contributed by atoms with Gasteiger partial charge in [0.1, 0.15) is 6.54 Å². The van der Waals surface area contributed by atoms with Gasteiger partial charge in [0.2, 0.25) is 11.8 Å². The fraction of sp³-hybridized carbons (Fsp3) is 0.818. The fourth-order valence-electron chi connectivity index (χ4n) is 2.63. The van der Waals surface area contributed by atoms with Crippen LogP contribution in [0.3, 0.4) is 0 Å². The standard InChI is InChI=1S/C11H18N2O2/c1-11(5-3-2-4-6-11)13-8-9(14)12-7-10(13)15/h2-8H2,1H3,(H,12,14). The van der Waals surface area contributed by atoms with Crippen LogP contribution in [-0.2, 0) is 9.59 Å². The molecule has 15 heavy (non-hydrogen) atoms. The lowest BCUT2D eigenvalue weighted by atomic mass is 9.81. The maximum atomic E-state index is 11.8. The summed E-state index contributed by atoms with van der Waals surface area (Å²) >= 11 is 0. The maximum absolute atomic E-state index is 11.8. The first-order valence-corrected chi connectivity index (χ1v) is 5.69. The second-order valence-corrected chi connectivity index (χ2v) is 4.81. The quantitative estimate of drug-likeness (QED) is 0.691. The third-order valence-electron chi connectivity index (χ3n) is 3.62. The van der Waals surface area contributed by atoms with Crippen LogP contribution in [0.2, 0.25) is 0 Å². The van der Waals surface area contributed by atoms with Crippen molar-refractivity contribution in [3.05, 3.63) is 0 Å². The predicted molar refractivity (Wildman–Crippen MR) is 56.2 cm³/mol. The molecule has 2 aliphatic rings. The van der Waals surface area contributed by atoms with Crippen molar-refractivity contribution in [2.24, 2.45) is 0 Å². The Kier molecular flexibility index (Phi) is 2.67. The Bertz CT molecular complexity index is 282. The van der Waals surface area contributed by atoms with E-state index in [0.29, 0.717) is 0 Å². The number of nitrogens with zero attached hydrogens (tertiary/aromatic N) is 1. The minimum Gasteiger partial charge on any atom is -0.345 e. The molecule has 0 atom stereocenters. The molecule has 0 spiro atoms. The van der Waals surface area contributed by atoms with Gasteiger partial charge in [-0.05, 0) is 19.8 Å². The molecule has 0 bridgehead atoms. The molecule has 1 saturated heterocycles. The zero-order chi connectivity index (χ0) is 10.9. The summed E-state index contributed by atoms with van der Waals surface area (Å²) in [7, 11) is 0.